The topological polar surface area (TPSA) is 75.2 Å². The van der Waals surface area contributed by atoms with E-state index in [0.29, 0.717) is 10.7 Å². The van der Waals surface area contributed by atoms with E-state index in [2.05, 4.69) is 29.4 Å². The van der Waals surface area contributed by atoms with Gasteiger partial charge in [0.2, 0.25) is 11.0 Å². The summed E-state index contributed by atoms with van der Waals surface area (Å²) in [5, 5.41) is 11.3. The maximum Gasteiger partial charge on any atom is 0.254 e. The van der Waals surface area contributed by atoms with Crippen molar-refractivity contribution in [3.05, 3.63) is 40.9 Å². The smallest absolute Gasteiger partial charge is 0.254 e. The van der Waals surface area contributed by atoms with Gasteiger partial charge >= 0.3 is 0 Å². The second-order valence-electron chi connectivity index (χ2n) is 7.85. The average Bonchev–Trinajstić information content (AvgIpc) is 3.21. The van der Waals surface area contributed by atoms with Crippen molar-refractivity contribution < 1.29 is 9.59 Å². The van der Waals surface area contributed by atoms with E-state index >= 15 is 0 Å². The highest BCUT2D eigenvalue weighted by Gasteiger charge is 2.55. The van der Waals surface area contributed by atoms with E-state index in [1.54, 1.807) is 5.51 Å². The van der Waals surface area contributed by atoms with Gasteiger partial charge in [0.1, 0.15) is 5.51 Å². The summed E-state index contributed by atoms with van der Waals surface area (Å²) in [6, 6.07) is 7.68. The molecule has 2 aromatic rings. The number of rotatable bonds is 4. The number of carbonyl (C=O) groups is 2. The Labute approximate surface area is 169 Å². The van der Waals surface area contributed by atoms with Crippen LogP contribution in [0.4, 0.5) is 5.13 Å². The summed E-state index contributed by atoms with van der Waals surface area (Å²) in [5.41, 5.74) is 2.62. The van der Waals surface area contributed by atoms with Gasteiger partial charge in [0.05, 0.1) is 11.5 Å². The number of benzene rings is 1. The van der Waals surface area contributed by atoms with E-state index in [1.807, 2.05) is 29.2 Å². The molecule has 2 aliphatic rings. The molecule has 1 aliphatic carbocycles. The zero-order valence-corrected chi connectivity index (χ0v) is 17.2. The second kappa shape index (κ2) is 7.62. The molecule has 1 aromatic heterocycles. The first-order valence-electron chi connectivity index (χ1n) is 10.1. The monoisotopic (exact) mass is 398 g/mol. The van der Waals surface area contributed by atoms with Crippen LogP contribution in [0.15, 0.2) is 29.8 Å². The quantitative estimate of drug-likeness (QED) is 0.837. The van der Waals surface area contributed by atoms with Gasteiger partial charge in [-0.15, -0.1) is 10.2 Å². The molecule has 2 amide bonds. The molecule has 0 bridgehead atoms. The lowest BCUT2D eigenvalue weighted by Gasteiger charge is -2.55. The maximum atomic E-state index is 13.6. The van der Waals surface area contributed by atoms with Crippen molar-refractivity contribution in [3.8, 4) is 0 Å². The molecule has 1 spiro atoms. The highest BCUT2D eigenvalue weighted by molar-refractivity contribution is 7.13. The van der Waals surface area contributed by atoms with Crippen molar-refractivity contribution in [1.29, 1.82) is 0 Å². The molecule has 1 N–H and O–H groups in total. The summed E-state index contributed by atoms with van der Waals surface area (Å²) in [7, 11) is 0. The van der Waals surface area contributed by atoms with Crippen molar-refractivity contribution in [2.75, 3.05) is 5.32 Å². The fraction of sp³-hybridized carbons (Fsp3) is 0.524. The van der Waals surface area contributed by atoms with Crippen LogP contribution in [0, 0.1) is 0 Å². The van der Waals surface area contributed by atoms with E-state index in [-0.39, 0.29) is 17.9 Å². The third-order valence-corrected chi connectivity index (χ3v) is 6.95. The fourth-order valence-electron chi connectivity index (χ4n) is 5.01. The van der Waals surface area contributed by atoms with Crippen LogP contribution in [-0.4, -0.2) is 38.5 Å². The SMILES string of the molecule is CC[C@@H](C)N1C(=O)c2ccccc2[C@@H](C(=O)Nc2nncs2)C12CCCCC2. The molecule has 4 rings (SSSR count). The highest BCUT2D eigenvalue weighted by Crippen LogP contribution is 2.50. The van der Waals surface area contributed by atoms with Gasteiger partial charge in [0.25, 0.3) is 5.91 Å². The Morgan fingerprint density at radius 1 is 1.32 bits per heavy atom. The Morgan fingerprint density at radius 3 is 2.75 bits per heavy atom. The molecule has 28 heavy (non-hydrogen) atoms. The van der Waals surface area contributed by atoms with Gasteiger partial charge < -0.3 is 4.90 Å². The molecule has 1 saturated carbocycles. The number of carbonyl (C=O) groups excluding carboxylic acids is 2. The Hall–Kier alpha value is -2.28. The molecule has 6 nitrogen and oxygen atoms in total. The number of hydrogen-bond donors (Lipinski definition) is 1. The number of anilines is 1. The summed E-state index contributed by atoms with van der Waals surface area (Å²) in [6.45, 7) is 4.20. The summed E-state index contributed by atoms with van der Waals surface area (Å²) < 4.78 is 0. The van der Waals surface area contributed by atoms with Crippen LogP contribution in [0.1, 0.15) is 74.2 Å². The summed E-state index contributed by atoms with van der Waals surface area (Å²) in [5.74, 6) is -0.432. The van der Waals surface area contributed by atoms with Gasteiger partial charge in [-0.3, -0.25) is 14.9 Å². The van der Waals surface area contributed by atoms with Gasteiger partial charge in [-0.25, -0.2) is 0 Å². The second-order valence-corrected chi connectivity index (χ2v) is 8.68. The highest BCUT2D eigenvalue weighted by atomic mass is 32.1. The number of aromatic nitrogens is 2. The van der Waals surface area contributed by atoms with Gasteiger partial charge in [0.15, 0.2) is 0 Å². The van der Waals surface area contributed by atoms with Crippen molar-refractivity contribution in [1.82, 2.24) is 15.1 Å². The molecule has 1 aliphatic heterocycles. The predicted molar refractivity (Wildman–Crippen MR) is 109 cm³/mol. The number of hydrogen-bond acceptors (Lipinski definition) is 5. The van der Waals surface area contributed by atoms with Crippen LogP contribution in [0.2, 0.25) is 0 Å². The van der Waals surface area contributed by atoms with E-state index in [9.17, 15) is 9.59 Å². The third kappa shape index (κ3) is 3.02. The van der Waals surface area contributed by atoms with Gasteiger partial charge in [-0.05, 0) is 37.8 Å². The zero-order valence-electron chi connectivity index (χ0n) is 16.4. The van der Waals surface area contributed by atoms with Gasteiger partial charge in [-0.2, -0.15) is 0 Å². The molecule has 2 atom stereocenters. The summed E-state index contributed by atoms with van der Waals surface area (Å²) >= 11 is 1.31. The lowest BCUT2D eigenvalue weighted by Crippen LogP contribution is -2.64. The minimum Gasteiger partial charge on any atom is -0.329 e. The predicted octanol–water partition coefficient (Wildman–Crippen LogP) is 4.22. The van der Waals surface area contributed by atoms with E-state index in [0.717, 1.165) is 44.1 Å². The standard InChI is InChI=1S/C21H26N4O2S/c1-3-14(2)25-19(27)16-10-6-5-9-15(16)17(21(25)11-7-4-8-12-21)18(26)23-20-24-22-13-28-20/h5-6,9-10,13-14,17H,3-4,7-8,11-12H2,1-2H3,(H,23,24,26)/t14-,17+/m1/s1. The molecule has 1 aromatic carbocycles. The van der Waals surface area contributed by atoms with Crippen molar-refractivity contribution in [2.24, 2.45) is 0 Å². The van der Waals surface area contributed by atoms with E-state index < -0.39 is 11.5 Å². The number of fused-ring (bicyclic) bond motifs is 1. The number of amides is 2. The largest absolute Gasteiger partial charge is 0.329 e. The normalized spacial score (nSPS) is 22.0. The molecule has 7 heteroatoms. The average molecular weight is 399 g/mol. The molecule has 0 saturated heterocycles. The van der Waals surface area contributed by atoms with Crippen molar-refractivity contribution >= 4 is 28.3 Å². The molecule has 148 valence electrons. The van der Waals surface area contributed by atoms with Crippen LogP contribution in [0.3, 0.4) is 0 Å². The van der Waals surface area contributed by atoms with Crippen LogP contribution >= 0.6 is 11.3 Å². The minimum atomic E-state index is -0.478. The van der Waals surface area contributed by atoms with Gasteiger partial charge in [0, 0.05) is 11.6 Å². The zero-order chi connectivity index (χ0) is 19.7. The Bertz CT molecular complexity index is 861. The van der Waals surface area contributed by atoms with E-state index in [1.165, 1.54) is 11.3 Å². The summed E-state index contributed by atoms with van der Waals surface area (Å²) in [4.78, 5) is 29.1. The molecule has 1 fully saturated rings. The molecule has 0 radical (unpaired) electrons. The fourth-order valence-corrected chi connectivity index (χ4v) is 5.46. The first-order chi connectivity index (χ1) is 13.6. The summed E-state index contributed by atoms with van der Waals surface area (Å²) in [6.07, 6.45) is 5.78. The molecule has 2 heterocycles. The Morgan fingerprint density at radius 2 is 2.07 bits per heavy atom. The molecule has 0 unspecified atom stereocenters. The Kier molecular flexibility index (Phi) is 5.19. The molecular weight excluding hydrogens is 372 g/mol. The molecular formula is C21H26N4O2S. The third-order valence-electron chi connectivity index (χ3n) is 6.34. The van der Waals surface area contributed by atoms with E-state index in [4.69, 9.17) is 0 Å². The lowest BCUT2D eigenvalue weighted by atomic mass is 9.64. The van der Waals surface area contributed by atoms with Crippen LogP contribution in [0.25, 0.3) is 0 Å². The lowest BCUT2D eigenvalue weighted by molar-refractivity contribution is -0.122. The number of nitrogens with zero attached hydrogens (tertiary/aromatic N) is 3. The maximum absolute atomic E-state index is 13.6. The van der Waals surface area contributed by atoms with Crippen LogP contribution in [0.5, 0.6) is 0 Å². The van der Waals surface area contributed by atoms with Crippen LogP contribution in [-0.2, 0) is 4.79 Å². The Balaban J connectivity index is 1.86. The minimum absolute atomic E-state index is 0.0619. The van der Waals surface area contributed by atoms with Crippen molar-refractivity contribution in [2.45, 2.75) is 69.9 Å². The first-order valence-corrected chi connectivity index (χ1v) is 11.0. The first kappa shape index (κ1) is 19.1. The van der Waals surface area contributed by atoms with Crippen LogP contribution < -0.4 is 5.32 Å². The van der Waals surface area contributed by atoms with Crippen molar-refractivity contribution in [3.63, 3.8) is 0 Å². The number of nitrogens with one attached hydrogen (secondary N) is 1. The van der Waals surface area contributed by atoms with Gasteiger partial charge in [-0.1, -0.05) is 55.7 Å².